The molecule has 2 aliphatic carbocycles. The molecule has 5 unspecified atom stereocenters. The van der Waals surface area contributed by atoms with Gasteiger partial charge < -0.3 is 4.74 Å². The van der Waals surface area contributed by atoms with Gasteiger partial charge in [-0.05, 0) is 99.9 Å². The van der Waals surface area contributed by atoms with Crippen molar-refractivity contribution in [1.29, 1.82) is 0 Å². The van der Waals surface area contributed by atoms with Gasteiger partial charge >= 0.3 is 0 Å². The molecular formula is C22H29NO. The quantitative estimate of drug-likeness (QED) is 0.671. The summed E-state index contributed by atoms with van der Waals surface area (Å²) in [5.41, 5.74) is 5.50. The molecule has 4 bridgehead atoms. The Bertz CT molecular complexity index is 704. The average Bonchev–Trinajstić information content (AvgIpc) is 2.72. The summed E-state index contributed by atoms with van der Waals surface area (Å²) < 4.78 is 6.69. The van der Waals surface area contributed by atoms with E-state index < -0.39 is 0 Å². The molecule has 2 heterocycles. The number of benzene rings is 1. The van der Waals surface area contributed by atoms with Crippen LogP contribution in [-0.2, 0) is 0 Å². The molecule has 1 aromatic carbocycles. The molecule has 0 N–H and O–H groups in total. The Morgan fingerprint density at radius 2 is 1.83 bits per heavy atom. The van der Waals surface area contributed by atoms with Gasteiger partial charge in [-0.3, -0.25) is 4.90 Å². The van der Waals surface area contributed by atoms with E-state index in [9.17, 15) is 0 Å². The standard InChI is InChI=1S/C22H29NO/c1-13-4-6-17-12-20-18-9-15-5-7-19(11-16(8-15)10-18)23(3)22(20)24-21(17)14(13)2/h4,6,12,15-16,18-19,22H,5,7-11H2,1-3H3. The highest BCUT2D eigenvalue weighted by Gasteiger charge is 2.44. The van der Waals surface area contributed by atoms with Crippen molar-refractivity contribution in [3.8, 4) is 5.75 Å². The van der Waals surface area contributed by atoms with Crippen LogP contribution in [0.15, 0.2) is 17.7 Å². The van der Waals surface area contributed by atoms with Crippen molar-refractivity contribution in [2.45, 2.75) is 64.6 Å². The topological polar surface area (TPSA) is 12.5 Å². The number of likely N-dealkylation sites (tertiary alicyclic amines) is 1. The predicted molar refractivity (Wildman–Crippen MR) is 98.0 cm³/mol. The molecular weight excluding hydrogens is 294 g/mol. The van der Waals surface area contributed by atoms with Crippen LogP contribution in [0.25, 0.3) is 6.08 Å². The SMILES string of the molecule is Cc1ccc2c(c1C)OC1C(=C2)C2CC3CCC(CC(C3)C2)N1C. The van der Waals surface area contributed by atoms with Gasteiger partial charge in [-0.1, -0.05) is 12.1 Å². The number of hydrogen-bond acceptors (Lipinski definition) is 2. The smallest absolute Gasteiger partial charge is 0.175 e. The summed E-state index contributed by atoms with van der Waals surface area (Å²) in [6, 6.07) is 5.20. The lowest BCUT2D eigenvalue weighted by Gasteiger charge is -2.45. The highest BCUT2D eigenvalue weighted by molar-refractivity contribution is 5.66. The van der Waals surface area contributed by atoms with Crippen LogP contribution >= 0.6 is 0 Å². The Morgan fingerprint density at radius 1 is 1.00 bits per heavy atom. The highest BCUT2D eigenvalue weighted by atomic mass is 16.5. The van der Waals surface area contributed by atoms with Crippen LogP contribution in [-0.4, -0.2) is 24.2 Å². The van der Waals surface area contributed by atoms with Gasteiger partial charge in [0, 0.05) is 11.6 Å². The fraction of sp³-hybridized carbons (Fsp3) is 0.636. The van der Waals surface area contributed by atoms with Crippen molar-refractivity contribution in [1.82, 2.24) is 4.90 Å². The molecule has 128 valence electrons. The van der Waals surface area contributed by atoms with Crippen LogP contribution in [0.5, 0.6) is 5.75 Å². The first-order valence-corrected chi connectivity index (χ1v) is 9.80. The Kier molecular flexibility index (Phi) is 3.35. The van der Waals surface area contributed by atoms with Crippen LogP contribution in [0.4, 0.5) is 0 Å². The fourth-order valence-corrected chi connectivity index (χ4v) is 5.91. The molecule has 5 atom stereocenters. The third-order valence-corrected chi connectivity index (χ3v) is 7.38. The first-order valence-electron chi connectivity index (χ1n) is 9.80. The average molecular weight is 323 g/mol. The summed E-state index contributed by atoms with van der Waals surface area (Å²) >= 11 is 0. The van der Waals surface area contributed by atoms with Gasteiger partial charge in [-0.25, -0.2) is 0 Å². The van der Waals surface area contributed by atoms with Crippen molar-refractivity contribution in [2.75, 3.05) is 7.05 Å². The van der Waals surface area contributed by atoms with Crippen molar-refractivity contribution in [2.24, 2.45) is 17.8 Å². The van der Waals surface area contributed by atoms with Crippen LogP contribution in [0, 0.1) is 31.6 Å². The third kappa shape index (κ3) is 2.19. The maximum atomic E-state index is 6.69. The zero-order chi connectivity index (χ0) is 16.4. The second-order valence-electron chi connectivity index (χ2n) is 8.81. The van der Waals surface area contributed by atoms with Crippen molar-refractivity contribution < 1.29 is 4.74 Å². The summed E-state index contributed by atoms with van der Waals surface area (Å²) in [6.45, 7) is 4.39. The highest BCUT2D eigenvalue weighted by Crippen LogP contribution is 2.50. The molecule has 0 radical (unpaired) electrons. The Labute approximate surface area is 145 Å². The monoisotopic (exact) mass is 323 g/mol. The third-order valence-electron chi connectivity index (χ3n) is 7.38. The van der Waals surface area contributed by atoms with E-state index in [2.05, 4.69) is 44.0 Å². The lowest BCUT2D eigenvalue weighted by Crippen LogP contribution is -2.49. The van der Waals surface area contributed by atoms with E-state index >= 15 is 0 Å². The van der Waals surface area contributed by atoms with E-state index in [1.54, 1.807) is 5.57 Å². The summed E-state index contributed by atoms with van der Waals surface area (Å²) in [7, 11) is 2.31. The van der Waals surface area contributed by atoms with E-state index in [0.717, 1.165) is 23.5 Å². The van der Waals surface area contributed by atoms with Crippen LogP contribution in [0.3, 0.4) is 0 Å². The maximum Gasteiger partial charge on any atom is 0.175 e. The first kappa shape index (κ1) is 15.0. The molecule has 2 nitrogen and oxygen atoms in total. The number of ether oxygens (including phenoxy) is 1. The molecule has 1 aromatic rings. The molecule has 24 heavy (non-hydrogen) atoms. The predicted octanol–water partition coefficient (Wildman–Crippen LogP) is 4.94. The summed E-state index contributed by atoms with van der Waals surface area (Å²) in [4.78, 5) is 2.57. The first-order chi connectivity index (χ1) is 11.6. The molecule has 2 saturated carbocycles. The molecule has 2 heteroatoms. The minimum absolute atomic E-state index is 0.158. The Morgan fingerprint density at radius 3 is 2.71 bits per heavy atom. The number of fused-ring (bicyclic) bond motifs is 6. The Balaban J connectivity index is 1.64. The van der Waals surface area contributed by atoms with Gasteiger partial charge in [0.1, 0.15) is 5.75 Å². The number of aryl methyl sites for hydroxylation is 1. The molecule has 1 saturated heterocycles. The molecule has 5 rings (SSSR count). The fourth-order valence-electron chi connectivity index (χ4n) is 5.91. The number of hydrogen-bond donors (Lipinski definition) is 0. The van der Waals surface area contributed by atoms with E-state index in [1.165, 1.54) is 55.2 Å². The number of nitrogens with zero attached hydrogens (tertiary/aromatic N) is 1. The van der Waals surface area contributed by atoms with Gasteiger partial charge in [-0.15, -0.1) is 0 Å². The summed E-state index contributed by atoms with van der Waals surface area (Å²) in [5, 5.41) is 0. The molecule has 2 aliphatic heterocycles. The van der Waals surface area contributed by atoms with Crippen molar-refractivity contribution >= 4 is 6.08 Å². The molecule has 0 spiro atoms. The van der Waals surface area contributed by atoms with Gasteiger partial charge in [-0.2, -0.15) is 0 Å². The second-order valence-corrected chi connectivity index (χ2v) is 8.81. The van der Waals surface area contributed by atoms with Gasteiger partial charge in [0.2, 0.25) is 0 Å². The zero-order valence-electron chi connectivity index (χ0n) is 15.2. The minimum atomic E-state index is 0.158. The van der Waals surface area contributed by atoms with E-state index in [1.807, 2.05) is 0 Å². The lowest BCUT2D eigenvalue weighted by molar-refractivity contribution is 0.00902. The largest absolute Gasteiger partial charge is 0.470 e. The normalized spacial score (nSPS) is 37.6. The molecule has 3 fully saturated rings. The minimum Gasteiger partial charge on any atom is -0.470 e. The van der Waals surface area contributed by atoms with Crippen LogP contribution < -0.4 is 4.74 Å². The van der Waals surface area contributed by atoms with Gasteiger partial charge in [0.25, 0.3) is 0 Å². The summed E-state index contributed by atoms with van der Waals surface area (Å²) in [6.07, 6.45) is 11.1. The number of likely N-dealkylation sites (N-methyl/N-ethyl adjacent to an activating group) is 1. The van der Waals surface area contributed by atoms with Gasteiger partial charge in [0.15, 0.2) is 6.23 Å². The second kappa shape index (κ2) is 5.36. The zero-order valence-corrected chi connectivity index (χ0v) is 15.2. The van der Waals surface area contributed by atoms with Crippen molar-refractivity contribution in [3.05, 3.63) is 34.4 Å². The van der Waals surface area contributed by atoms with E-state index in [4.69, 9.17) is 4.74 Å². The van der Waals surface area contributed by atoms with Crippen LogP contribution in [0.2, 0.25) is 0 Å². The van der Waals surface area contributed by atoms with E-state index in [-0.39, 0.29) is 6.23 Å². The van der Waals surface area contributed by atoms with Crippen LogP contribution in [0.1, 0.15) is 55.2 Å². The lowest BCUT2D eigenvalue weighted by atomic mass is 9.70. The molecule has 0 amide bonds. The van der Waals surface area contributed by atoms with E-state index in [0.29, 0.717) is 6.04 Å². The Hall–Kier alpha value is -1.28. The van der Waals surface area contributed by atoms with Crippen molar-refractivity contribution in [3.63, 3.8) is 0 Å². The molecule has 4 aliphatic rings. The summed E-state index contributed by atoms with van der Waals surface area (Å²) in [5.74, 6) is 3.74. The maximum absolute atomic E-state index is 6.69. The number of rotatable bonds is 0. The molecule has 0 aromatic heterocycles. The van der Waals surface area contributed by atoms with Gasteiger partial charge in [0.05, 0.1) is 0 Å².